The second kappa shape index (κ2) is 5.64. The van der Waals surface area contributed by atoms with Gasteiger partial charge in [0.05, 0.1) is 6.61 Å². The van der Waals surface area contributed by atoms with Crippen LogP contribution in [0.1, 0.15) is 46.5 Å². The molecule has 2 aliphatic carbocycles. The van der Waals surface area contributed by atoms with Crippen LogP contribution in [0.5, 0.6) is 5.75 Å². The maximum absolute atomic E-state index is 5.76. The summed E-state index contributed by atoms with van der Waals surface area (Å²) in [7, 11) is 0. The Labute approximate surface area is 129 Å². The summed E-state index contributed by atoms with van der Waals surface area (Å²) >= 11 is 0. The highest BCUT2D eigenvalue weighted by Gasteiger charge is 2.60. The van der Waals surface area contributed by atoms with Crippen molar-refractivity contribution in [3.8, 4) is 5.75 Å². The van der Waals surface area contributed by atoms with E-state index >= 15 is 0 Å². The van der Waals surface area contributed by atoms with E-state index in [-0.39, 0.29) is 0 Å². The first-order chi connectivity index (χ1) is 10.0. The van der Waals surface area contributed by atoms with E-state index in [1.54, 1.807) is 0 Å². The first-order valence-corrected chi connectivity index (χ1v) is 8.45. The van der Waals surface area contributed by atoms with Crippen molar-refractivity contribution >= 4 is 0 Å². The Morgan fingerprint density at radius 2 is 1.95 bits per heavy atom. The van der Waals surface area contributed by atoms with Gasteiger partial charge in [-0.3, -0.25) is 0 Å². The molecule has 21 heavy (non-hydrogen) atoms. The van der Waals surface area contributed by atoms with Crippen LogP contribution in [0.2, 0.25) is 0 Å². The van der Waals surface area contributed by atoms with E-state index in [9.17, 15) is 0 Å². The van der Waals surface area contributed by atoms with Crippen molar-refractivity contribution in [2.24, 2.45) is 16.7 Å². The van der Waals surface area contributed by atoms with Crippen molar-refractivity contribution in [3.05, 3.63) is 30.3 Å². The zero-order valence-corrected chi connectivity index (χ0v) is 13.7. The molecule has 2 heteroatoms. The van der Waals surface area contributed by atoms with Crippen LogP contribution in [-0.4, -0.2) is 19.2 Å². The minimum absolute atomic E-state index is 0.484. The molecule has 2 saturated carbocycles. The summed E-state index contributed by atoms with van der Waals surface area (Å²) in [6, 6.07) is 10.8. The molecule has 1 N–H and O–H groups in total. The summed E-state index contributed by atoms with van der Waals surface area (Å²) in [6.45, 7) is 9.32. The van der Waals surface area contributed by atoms with Gasteiger partial charge in [0.1, 0.15) is 5.75 Å². The maximum atomic E-state index is 5.76. The first kappa shape index (κ1) is 14.9. The van der Waals surface area contributed by atoms with Crippen LogP contribution >= 0.6 is 0 Å². The molecule has 1 aromatic rings. The molecule has 0 radical (unpaired) electrons. The summed E-state index contributed by atoms with van der Waals surface area (Å²) in [4.78, 5) is 0. The highest BCUT2D eigenvalue weighted by Crippen LogP contribution is 2.65. The molecule has 2 aliphatic rings. The lowest BCUT2D eigenvalue weighted by Crippen LogP contribution is -2.44. The molecule has 2 nitrogen and oxygen atoms in total. The zero-order chi connectivity index (χ0) is 14.9. The summed E-state index contributed by atoms with van der Waals surface area (Å²) < 4.78 is 5.76. The third kappa shape index (κ3) is 2.59. The molecule has 2 bridgehead atoms. The fourth-order valence-electron chi connectivity index (χ4n) is 4.57. The zero-order valence-electron chi connectivity index (χ0n) is 13.7. The molecule has 3 atom stereocenters. The summed E-state index contributed by atoms with van der Waals surface area (Å²) in [5.41, 5.74) is 0.989. The standard InChI is InChI=1S/C19H29NO/c1-18(2)15-10-11-19(18,3)17(14-15)20-12-7-13-21-16-8-5-4-6-9-16/h4-6,8-9,15,17,20H,7,10-14H2,1-3H3. The molecule has 0 saturated heterocycles. The lowest BCUT2D eigenvalue weighted by Gasteiger charge is -2.39. The molecule has 0 aromatic heterocycles. The Hall–Kier alpha value is -1.02. The summed E-state index contributed by atoms with van der Waals surface area (Å²) in [5, 5.41) is 3.82. The van der Waals surface area contributed by atoms with Gasteiger partial charge in [-0.25, -0.2) is 0 Å². The molecule has 0 aliphatic heterocycles. The third-order valence-corrected chi connectivity index (χ3v) is 6.52. The number of nitrogens with one attached hydrogen (secondary N) is 1. The van der Waals surface area contributed by atoms with E-state index in [4.69, 9.17) is 4.74 Å². The van der Waals surface area contributed by atoms with Crippen LogP contribution in [0.4, 0.5) is 0 Å². The quantitative estimate of drug-likeness (QED) is 0.789. The third-order valence-electron chi connectivity index (χ3n) is 6.52. The fraction of sp³-hybridized carbons (Fsp3) is 0.684. The van der Waals surface area contributed by atoms with Crippen LogP contribution in [0.3, 0.4) is 0 Å². The van der Waals surface area contributed by atoms with Gasteiger partial charge in [0.2, 0.25) is 0 Å². The molecule has 2 fully saturated rings. The van der Waals surface area contributed by atoms with Crippen LogP contribution in [-0.2, 0) is 0 Å². The van der Waals surface area contributed by atoms with E-state index in [0.717, 1.165) is 31.2 Å². The second-order valence-electron chi connectivity index (χ2n) is 7.63. The van der Waals surface area contributed by atoms with Crippen molar-refractivity contribution in [2.75, 3.05) is 13.2 Å². The SMILES string of the molecule is CC1(C)C2CCC1(C)C(NCCCOc1ccccc1)C2. The van der Waals surface area contributed by atoms with E-state index in [1.807, 2.05) is 30.3 Å². The number of ether oxygens (including phenoxy) is 1. The predicted octanol–water partition coefficient (Wildman–Crippen LogP) is 4.26. The Balaban J connectivity index is 1.41. The number of hydrogen-bond acceptors (Lipinski definition) is 2. The van der Waals surface area contributed by atoms with E-state index in [0.29, 0.717) is 16.9 Å². The predicted molar refractivity (Wildman–Crippen MR) is 87.6 cm³/mol. The number of rotatable bonds is 6. The van der Waals surface area contributed by atoms with Gasteiger partial charge in [-0.2, -0.15) is 0 Å². The van der Waals surface area contributed by atoms with Crippen molar-refractivity contribution in [3.63, 3.8) is 0 Å². The fourth-order valence-corrected chi connectivity index (χ4v) is 4.57. The van der Waals surface area contributed by atoms with Gasteiger partial charge >= 0.3 is 0 Å². The van der Waals surface area contributed by atoms with Gasteiger partial charge in [-0.15, -0.1) is 0 Å². The van der Waals surface area contributed by atoms with Gasteiger partial charge in [-0.1, -0.05) is 39.0 Å². The van der Waals surface area contributed by atoms with Crippen molar-refractivity contribution in [1.29, 1.82) is 0 Å². The number of fused-ring (bicyclic) bond motifs is 2. The lowest BCUT2D eigenvalue weighted by molar-refractivity contribution is 0.120. The molecule has 116 valence electrons. The molecular formula is C19H29NO. The largest absolute Gasteiger partial charge is 0.494 e. The first-order valence-electron chi connectivity index (χ1n) is 8.45. The highest BCUT2D eigenvalue weighted by molar-refractivity contribution is 5.20. The Kier molecular flexibility index (Phi) is 4.00. The van der Waals surface area contributed by atoms with Crippen LogP contribution in [0, 0.1) is 16.7 Å². The van der Waals surface area contributed by atoms with E-state index in [1.165, 1.54) is 19.3 Å². The van der Waals surface area contributed by atoms with Crippen LogP contribution < -0.4 is 10.1 Å². The minimum Gasteiger partial charge on any atom is -0.494 e. The van der Waals surface area contributed by atoms with Crippen LogP contribution in [0.15, 0.2) is 30.3 Å². The molecule has 0 heterocycles. The smallest absolute Gasteiger partial charge is 0.119 e. The monoisotopic (exact) mass is 287 g/mol. The average molecular weight is 287 g/mol. The number of benzene rings is 1. The van der Waals surface area contributed by atoms with Gasteiger partial charge < -0.3 is 10.1 Å². The maximum Gasteiger partial charge on any atom is 0.119 e. The van der Waals surface area contributed by atoms with Crippen molar-refractivity contribution in [2.45, 2.75) is 52.5 Å². The number of para-hydroxylation sites is 1. The Bertz CT molecular complexity index is 470. The normalized spacial score (nSPS) is 33.3. The Morgan fingerprint density at radius 1 is 1.19 bits per heavy atom. The van der Waals surface area contributed by atoms with Crippen LogP contribution in [0.25, 0.3) is 0 Å². The molecule has 3 unspecified atom stereocenters. The topological polar surface area (TPSA) is 21.3 Å². The molecule has 0 amide bonds. The van der Waals surface area contributed by atoms with Gasteiger partial charge in [0.25, 0.3) is 0 Å². The minimum atomic E-state index is 0.484. The van der Waals surface area contributed by atoms with Gasteiger partial charge in [0, 0.05) is 6.04 Å². The molecular weight excluding hydrogens is 258 g/mol. The lowest BCUT2D eigenvalue weighted by atomic mass is 9.69. The molecule has 1 aromatic carbocycles. The Morgan fingerprint density at radius 3 is 2.57 bits per heavy atom. The van der Waals surface area contributed by atoms with Crippen molar-refractivity contribution < 1.29 is 4.74 Å². The van der Waals surface area contributed by atoms with Crippen molar-refractivity contribution in [1.82, 2.24) is 5.32 Å². The number of hydrogen-bond donors (Lipinski definition) is 1. The van der Waals surface area contributed by atoms with Gasteiger partial charge in [-0.05, 0) is 61.1 Å². The summed E-state index contributed by atoms with van der Waals surface area (Å²) in [6.07, 6.45) is 5.26. The van der Waals surface area contributed by atoms with E-state index in [2.05, 4.69) is 26.1 Å². The second-order valence-corrected chi connectivity index (χ2v) is 7.63. The summed E-state index contributed by atoms with van der Waals surface area (Å²) in [5.74, 6) is 1.89. The average Bonchev–Trinajstić information content (AvgIpc) is 2.81. The van der Waals surface area contributed by atoms with Gasteiger partial charge in [0.15, 0.2) is 0 Å². The molecule has 3 rings (SSSR count). The van der Waals surface area contributed by atoms with E-state index < -0.39 is 0 Å². The molecule has 0 spiro atoms. The highest BCUT2D eigenvalue weighted by atomic mass is 16.5.